The van der Waals surface area contributed by atoms with Crippen LogP contribution >= 0.6 is 11.6 Å². The SMILES string of the molecule is CC(C)(C)OC(=O)NCCOCCOCCNc1nc(NCc2ccc(Cl)cc2)nc(-c2ccc(C(C)(C)C)cc2)n1. The smallest absolute Gasteiger partial charge is 0.407 e. The number of nitrogens with one attached hydrogen (secondary N) is 3. The van der Waals surface area contributed by atoms with Crippen LogP contribution in [0.5, 0.6) is 0 Å². The fourth-order valence-corrected chi connectivity index (χ4v) is 3.79. The number of hydrogen-bond acceptors (Lipinski definition) is 9. The van der Waals surface area contributed by atoms with E-state index < -0.39 is 11.7 Å². The van der Waals surface area contributed by atoms with Crippen molar-refractivity contribution in [3.05, 3.63) is 64.7 Å². The van der Waals surface area contributed by atoms with Gasteiger partial charge in [0.25, 0.3) is 0 Å². The first-order chi connectivity index (χ1) is 19.9. The molecule has 10 nitrogen and oxygen atoms in total. The number of alkyl carbamates (subject to hydrolysis) is 1. The molecular weight excluding hydrogens is 556 g/mol. The van der Waals surface area contributed by atoms with Crippen LogP contribution in [-0.4, -0.2) is 66.2 Å². The van der Waals surface area contributed by atoms with Crippen LogP contribution in [0.25, 0.3) is 11.4 Å². The molecule has 0 saturated carbocycles. The summed E-state index contributed by atoms with van der Waals surface area (Å²) in [7, 11) is 0. The third kappa shape index (κ3) is 12.2. The van der Waals surface area contributed by atoms with Gasteiger partial charge >= 0.3 is 6.09 Å². The van der Waals surface area contributed by atoms with Gasteiger partial charge in [0, 0.05) is 30.2 Å². The number of amides is 1. The third-order valence-electron chi connectivity index (χ3n) is 5.82. The van der Waals surface area contributed by atoms with E-state index in [4.69, 9.17) is 25.8 Å². The maximum atomic E-state index is 11.6. The number of carbonyl (C=O) groups excluding carboxylic acids is 1. The van der Waals surface area contributed by atoms with E-state index >= 15 is 0 Å². The minimum atomic E-state index is -0.525. The topological polar surface area (TPSA) is 120 Å². The van der Waals surface area contributed by atoms with E-state index in [0.717, 1.165) is 11.1 Å². The second-order valence-corrected chi connectivity index (χ2v) is 12.1. The standard InChI is InChI=1S/C31H43ClN6O4/c1-30(2,3)24-11-9-23(10-12-24)26-36-27(38-28(37-26)35-21-22-7-13-25(32)14-8-22)33-15-17-40-19-20-41-18-16-34-29(39)42-31(4,5)6/h7-14H,15-21H2,1-6H3,(H,34,39)(H2,33,35,36,37,38). The summed E-state index contributed by atoms with van der Waals surface area (Å²) in [6, 6.07) is 15.9. The van der Waals surface area contributed by atoms with Gasteiger partial charge in [-0.25, -0.2) is 4.79 Å². The van der Waals surface area contributed by atoms with Gasteiger partial charge < -0.3 is 30.2 Å². The predicted molar refractivity (Wildman–Crippen MR) is 167 cm³/mol. The van der Waals surface area contributed by atoms with Gasteiger partial charge in [0.05, 0.1) is 26.4 Å². The minimum absolute atomic E-state index is 0.0532. The summed E-state index contributed by atoms with van der Waals surface area (Å²) in [4.78, 5) is 25.5. The van der Waals surface area contributed by atoms with Crippen molar-refractivity contribution in [1.82, 2.24) is 20.3 Å². The fourth-order valence-electron chi connectivity index (χ4n) is 3.66. The highest BCUT2D eigenvalue weighted by atomic mass is 35.5. The second-order valence-electron chi connectivity index (χ2n) is 11.7. The molecule has 0 aliphatic rings. The first kappa shape index (κ1) is 33.0. The molecule has 1 aromatic heterocycles. The van der Waals surface area contributed by atoms with Gasteiger partial charge in [-0.1, -0.05) is 68.8 Å². The number of nitrogens with zero attached hydrogens (tertiary/aromatic N) is 3. The number of aromatic nitrogens is 3. The van der Waals surface area contributed by atoms with E-state index in [1.807, 2.05) is 57.2 Å². The van der Waals surface area contributed by atoms with E-state index in [1.165, 1.54) is 5.56 Å². The Morgan fingerprint density at radius 1 is 0.762 bits per heavy atom. The van der Waals surface area contributed by atoms with Crippen molar-refractivity contribution in [3.8, 4) is 11.4 Å². The quantitative estimate of drug-likeness (QED) is 0.190. The molecule has 2 aromatic carbocycles. The van der Waals surface area contributed by atoms with Crippen LogP contribution in [-0.2, 0) is 26.2 Å². The maximum Gasteiger partial charge on any atom is 0.407 e. The lowest BCUT2D eigenvalue weighted by molar-refractivity contribution is 0.0415. The highest BCUT2D eigenvalue weighted by Crippen LogP contribution is 2.25. The van der Waals surface area contributed by atoms with Gasteiger partial charge in [-0.05, 0) is 49.4 Å². The molecule has 0 aliphatic heterocycles. The van der Waals surface area contributed by atoms with Gasteiger partial charge in [-0.2, -0.15) is 15.0 Å². The summed E-state index contributed by atoms with van der Waals surface area (Å²) in [5.41, 5.74) is 2.72. The molecule has 0 unspecified atom stereocenters. The number of halogens is 1. The average molecular weight is 599 g/mol. The summed E-state index contributed by atoms with van der Waals surface area (Å²) in [5, 5.41) is 9.87. The molecule has 0 aliphatic carbocycles. The van der Waals surface area contributed by atoms with Crippen molar-refractivity contribution in [3.63, 3.8) is 0 Å². The third-order valence-corrected chi connectivity index (χ3v) is 6.08. The lowest BCUT2D eigenvalue weighted by Crippen LogP contribution is -2.34. The van der Waals surface area contributed by atoms with Crippen LogP contribution in [0.1, 0.15) is 52.7 Å². The van der Waals surface area contributed by atoms with Crippen molar-refractivity contribution in [2.45, 2.75) is 59.1 Å². The zero-order chi connectivity index (χ0) is 30.6. The molecule has 0 bridgehead atoms. The Morgan fingerprint density at radius 2 is 1.36 bits per heavy atom. The van der Waals surface area contributed by atoms with Crippen LogP contribution in [0, 0.1) is 0 Å². The van der Waals surface area contributed by atoms with Crippen molar-refractivity contribution < 1.29 is 19.0 Å². The van der Waals surface area contributed by atoms with Gasteiger partial charge in [-0.3, -0.25) is 0 Å². The number of hydrogen-bond donors (Lipinski definition) is 3. The lowest BCUT2D eigenvalue weighted by Gasteiger charge is -2.19. The Hall–Kier alpha value is -3.47. The van der Waals surface area contributed by atoms with E-state index in [1.54, 1.807) is 0 Å². The van der Waals surface area contributed by atoms with E-state index in [9.17, 15) is 4.79 Å². The Balaban J connectivity index is 1.50. The maximum absolute atomic E-state index is 11.6. The largest absolute Gasteiger partial charge is 0.444 e. The van der Waals surface area contributed by atoms with Crippen LogP contribution in [0.15, 0.2) is 48.5 Å². The Morgan fingerprint density at radius 3 is 1.95 bits per heavy atom. The first-order valence-corrected chi connectivity index (χ1v) is 14.5. The summed E-state index contributed by atoms with van der Waals surface area (Å²) >= 11 is 6.02. The average Bonchev–Trinajstić information content (AvgIpc) is 2.92. The molecular formula is C31H43ClN6O4. The zero-order valence-corrected chi connectivity index (χ0v) is 26.2. The first-order valence-electron chi connectivity index (χ1n) is 14.1. The van der Waals surface area contributed by atoms with Gasteiger partial charge in [0.1, 0.15) is 5.60 Å². The number of benzene rings is 2. The van der Waals surface area contributed by atoms with Crippen LogP contribution in [0.3, 0.4) is 0 Å². The van der Waals surface area contributed by atoms with Crippen LogP contribution in [0.2, 0.25) is 5.02 Å². The molecule has 0 atom stereocenters. The van der Waals surface area contributed by atoms with Crippen molar-refractivity contribution in [1.29, 1.82) is 0 Å². The molecule has 0 saturated heterocycles. The van der Waals surface area contributed by atoms with Crippen molar-refractivity contribution in [2.24, 2.45) is 0 Å². The van der Waals surface area contributed by atoms with Crippen LogP contribution in [0.4, 0.5) is 16.7 Å². The molecule has 3 N–H and O–H groups in total. The molecule has 0 fully saturated rings. The van der Waals surface area contributed by atoms with E-state index in [-0.39, 0.29) is 5.41 Å². The number of rotatable bonds is 14. The van der Waals surface area contributed by atoms with Crippen molar-refractivity contribution in [2.75, 3.05) is 50.2 Å². The van der Waals surface area contributed by atoms with E-state index in [0.29, 0.717) is 68.8 Å². The molecule has 3 rings (SSSR count). The fraction of sp³-hybridized carbons (Fsp3) is 0.484. The Bertz CT molecular complexity index is 1260. The molecule has 1 amide bonds. The summed E-state index contributed by atoms with van der Waals surface area (Å²) in [5.74, 6) is 1.49. The number of anilines is 2. The number of carbonyl (C=O) groups is 1. The molecule has 3 aromatic rings. The van der Waals surface area contributed by atoms with Gasteiger partial charge in [0.15, 0.2) is 5.82 Å². The Kier molecular flexibility index (Phi) is 12.3. The second kappa shape index (κ2) is 15.7. The number of ether oxygens (including phenoxy) is 3. The highest BCUT2D eigenvalue weighted by Gasteiger charge is 2.16. The minimum Gasteiger partial charge on any atom is -0.444 e. The summed E-state index contributed by atoms with van der Waals surface area (Å²) < 4.78 is 16.3. The Labute approximate surface area is 253 Å². The normalized spacial score (nSPS) is 11.7. The molecule has 228 valence electrons. The zero-order valence-electron chi connectivity index (χ0n) is 25.4. The van der Waals surface area contributed by atoms with Crippen molar-refractivity contribution >= 4 is 29.6 Å². The monoisotopic (exact) mass is 598 g/mol. The van der Waals surface area contributed by atoms with Crippen LogP contribution < -0.4 is 16.0 Å². The van der Waals surface area contributed by atoms with Gasteiger partial charge in [0.2, 0.25) is 11.9 Å². The lowest BCUT2D eigenvalue weighted by atomic mass is 9.87. The van der Waals surface area contributed by atoms with E-state index in [2.05, 4.69) is 63.8 Å². The molecule has 0 spiro atoms. The molecule has 42 heavy (non-hydrogen) atoms. The molecule has 0 radical (unpaired) electrons. The highest BCUT2D eigenvalue weighted by molar-refractivity contribution is 6.30. The summed E-state index contributed by atoms with van der Waals surface area (Å²) in [6.07, 6.45) is -0.458. The van der Waals surface area contributed by atoms with Gasteiger partial charge in [-0.15, -0.1) is 0 Å². The molecule has 1 heterocycles. The molecule has 11 heteroatoms. The summed E-state index contributed by atoms with van der Waals surface area (Å²) in [6.45, 7) is 15.1. The predicted octanol–water partition coefficient (Wildman–Crippen LogP) is 6.07.